The van der Waals surface area contributed by atoms with Gasteiger partial charge in [0.2, 0.25) is 0 Å². The van der Waals surface area contributed by atoms with Gasteiger partial charge in [-0.05, 0) is 85.8 Å². The first-order valence-electron chi connectivity index (χ1n) is 12.5. The molecule has 0 saturated carbocycles. The second kappa shape index (κ2) is 9.34. The molecule has 4 nitrogen and oxygen atoms in total. The Labute approximate surface area is 220 Å². The van der Waals surface area contributed by atoms with Crippen LogP contribution in [0.3, 0.4) is 0 Å². The van der Waals surface area contributed by atoms with Gasteiger partial charge in [0.05, 0.1) is 0 Å². The third-order valence-electron chi connectivity index (χ3n) is 6.95. The fourth-order valence-electron chi connectivity index (χ4n) is 5.17. The van der Waals surface area contributed by atoms with Crippen molar-refractivity contribution in [2.45, 2.75) is 0 Å². The van der Waals surface area contributed by atoms with Gasteiger partial charge in [-0.3, -0.25) is 4.98 Å². The number of fused-ring (bicyclic) bond motifs is 3. The maximum Gasteiger partial charge on any atom is 0.162 e. The largest absolute Gasteiger partial charge is 0.264 e. The van der Waals surface area contributed by atoms with E-state index < -0.39 is 0 Å². The van der Waals surface area contributed by atoms with Crippen molar-refractivity contribution in [1.29, 1.82) is 0 Å². The second-order valence-electron chi connectivity index (χ2n) is 9.27. The molecule has 0 aliphatic carbocycles. The molecule has 0 aliphatic rings. The molecular weight excluding hydrogens is 464 g/mol. The lowest BCUT2D eigenvalue weighted by Gasteiger charge is -2.14. The van der Waals surface area contributed by atoms with Crippen LogP contribution in [-0.4, -0.2) is 19.9 Å². The Kier molecular flexibility index (Phi) is 5.41. The van der Waals surface area contributed by atoms with Crippen LogP contribution < -0.4 is 0 Å². The Morgan fingerprint density at radius 1 is 0.421 bits per heavy atom. The van der Waals surface area contributed by atoms with Gasteiger partial charge in [0.25, 0.3) is 0 Å². The first-order chi connectivity index (χ1) is 18.8. The van der Waals surface area contributed by atoms with Gasteiger partial charge >= 0.3 is 0 Å². The average Bonchev–Trinajstić information content (AvgIpc) is 3.01. The predicted octanol–water partition coefficient (Wildman–Crippen LogP) is 8.24. The van der Waals surface area contributed by atoms with Crippen molar-refractivity contribution in [1.82, 2.24) is 19.9 Å². The first-order valence-corrected chi connectivity index (χ1v) is 12.5. The Bertz CT molecular complexity index is 1920. The Hall–Kier alpha value is -5.22. The summed E-state index contributed by atoms with van der Waals surface area (Å²) in [6.45, 7) is 0. The Balaban J connectivity index is 1.48. The van der Waals surface area contributed by atoms with Crippen molar-refractivity contribution in [3.05, 3.63) is 134 Å². The van der Waals surface area contributed by atoms with Gasteiger partial charge in [-0.1, -0.05) is 72.8 Å². The quantitative estimate of drug-likeness (QED) is 0.235. The number of benzene rings is 5. The summed E-state index contributed by atoms with van der Waals surface area (Å²) in [7, 11) is 0. The van der Waals surface area contributed by atoms with Crippen molar-refractivity contribution in [2.24, 2.45) is 0 Å². The van der Waals surface area contributed by atoms with Crippen molar-refractivity contribution in [3.63, 3.8) is 0 Å². The topological polar surface area (TPSA) is 51.6 Å². The van der Waals surface area contributed by atoms with E-state index in [1.165, 1.54) is 27.1 Å². The highest BCUT2D eigenvalue weighted by Crippen LogP contribution is 2.38. The molecule has 0 radical (unpaired) electrons. The van der Waals surface area contributed by atoms with Gasteiger partial charge in [0.1, 0.15) is 12.7 Å². The molecule has 38 heavy (non-hydrogen) atoms. The molecule has 0 aliphatic heterocycles. The molecule has 0 N–H and O–H groups in total. The molecule has 2 aromatic heterocycles. The summed E-state index contributed by atoms with van der Waals surface area (Å²) in [5, 5.41) is 4.93. The minimum absolute atomic E-state index is 0.650. The number of hydrogen-bond donors (Lipinski definition) is 0. The summed E-state index contributed by atoms with van der Waals surface area (Å²) in [6.07, 6.45) is 6.78. The maximum atomic E-state index is 4.47. The van der Waals surface area contributed by atoms with Crippen molar-refractivity contribution in [3.8, 4) is 44.8 Å². The molecule has 0 saturated heterocycles. The summed E-state index contributed by atoms with van der Waals surface area (Å²) in [4.78, 5) is 17.3. The van der Waals surface area contributed by atoms with E-state index in [4.69, 9.17) is 0 Å². The van der Waals surface area contributed by atoms with E-state index in [0.717, 1.165) is 33.4 Å². The van der Waals surface area contributed by atoms with E-state index in [0.29, 0.717) is 5.82 Å². The average molecular weight is 487 g/mol. The lowest BCUT2D eigenvalue weighted by molar-refractivity contribution is 1.06. The van der Waals surface area contributed by atoms with E-state index >= 15 is 0 Å². The van der Waals surface area contributed by atoms with E-state index in [-0.39, 0.29) is 0 Å². The van der Waals surface area contributed by atoms with Crippen LogP contribution in [0.2, 0.25) is 0 Å². The zero-order chi connectivity index (χ0) is 25.3. The highest BCUT2D eigenvalue weighted by Gasteiger charge is 2.13. The van der Waals surface area contributed by atoms with E-state index in [1.807, 2.05) is 12.3 Å². The lowest BCUT2D eigenvalue weighted by atomic mass is 9.90. The number of nitrogens with zero attached hydrogens (tertiary/aromatic N) is 4. The van der Waals surface area contributed by atoms with E-state index in [2.05, 4.69) is 123 Å². The molecule has 7 aromatic rings. The number of aromatic nitrogens is 4. The molecule has 0 spiro atoms. The number of pyridine rings is 1. The molecule has 0 fully saturated rings. The fourth-order valence-corrected chi connectivity index (χ4v) is 5.17. The summed E-state index contributed by atoms with van der Waals surface area (Å²) in [5.41, 5.74) is 7.67. The first kappa shape index (κ1) is 22.0. The lowest BCUT2D eigenvalue weighted by Crippen LogP contribution is -1.92. The van der Waals surface area contributed by atoms with Crippen LogP contribution in [-0.2, 0) is 0 Å². The molecule has 5 aromatic carbocycles. The van der Waals surface area contributed by atoms with E-state index in [1.54, 1.807) is 18.9 Å². The van der Waals surface area contributed by atoms with Crippen LogP contribution in [0.5, 0.6) is 0 Å². The summed E-state index contributed by atoms with van der Waals surface area (Å²) in [5.74, 6) is 0.650. The smallest absolute Gasteiger partial charge is 0.162 e. The SMILES string of the molecule is c1cncc(-c2cccc(-c3cc(-c4ncncn4)cc(-c4cc5ccccc5c5ccccc45)c3)c2)c1. The highest BCUT2D eigenvalue weighted by molar-refractivity contribution is 6.14. The molecule has 7 rings (SSSR count). The summed E-state index contributed by atoms with van der Waals surface area (Å²) < 4.78 is 0. The van der Waals surface area contributed by atoms with Crippen molar-refractivity contribution >= 4 is 21.5 Å². The van der Waals surface area contributed by atoms with Gasteiger partial charge in [0, 0.05) is 23.5 Å². The Morgan fingerprint density at radius 2 is 1.08 bits per heavy atom. The zero-order valence-electron chi connectivity index (χ0n) is 20.5. The third-order valence-corrected chi connectivity index (χ3v) is 6.95. The summed E-state index contributed by atoms with van der Waals surface area (Å²) >= 11 is 0. The van der Waals surface area contributed by atoms with Gasteiger partial charge in [-0.15, -0.1) is 0 Å². The predicted molar refractivity (Wildman–Crippen MR) is 154 cm³/mol. The molecule has 2 heterocycles. The third kappa shape index (κ3) is 3.98. The second-order valence-corrected chi connectivity index (χ2v) is 9.27. The molecule has 178 valence electrons. The van der Waals surface area contributed by atoms with Crippen molar-refractivity contribution in [2.75, 3.05) is 0 Å². The molecular formula is C34H22N4. The standard InChI is InChI=1S/C34H22N4/c1-2-11-30-25(7-1)19-33(32-13-4-3-12-31(30)32)28-16-27(17-29(18-28)34-37-21-36-22-38-34)24-9-5-8-23(15-24)26-10-6-14-35-20-26/h1-22H. The van der Waals surface area contributed by atoms with Crippen LogP contribution in [0.15, 0.2) is 134 Å². The van der Waals surface area contributed by atoms with Crippen LogP contribution in [0.1, 0.15) is 0 Å². The molecule has 4 heteroatoms. The normalized spacial score (nSPS) is 11.2. The van der Waals surface area contributed by atoms with Crippen LogP contribution in [0, 0.1) is 0 Å². The molecule has 0 atom stereocenters. The van der Waals surface area contributed by atoms with Gasteiger partial charge in [-0.2, -0.15) is 0 Å². The fraction of sp³-hybridized carbons (Fsp3) is 0. The van der Waals surface area contributed by atoms with Gasteiger partial charge in [0.15, 0.2) is 5.82 Å². The monoisotopic (exact) mass is 486 g/mol. The van der Waals surface area contributed by atoms with Crippen LogP contribution in [0.4, 0.5) is 0 Å². The Morgan fingerprint density at radius 3 is 1.89 bits per heavy atom. The highest BCUT2D eigenvalue weighted by atomic mass is 15.0. The van der Waals surface area contributed by atoms with E-state index in [9.17, 15) is 0 Å². The van der Waals surface area contributed by atoms with Gasteiger partial charge < -0.3 is 0 Å². The zero-order valence-corrected chi connectivity index (χ0v) is 20.5. The minimum Gasteiger partial charge on any atom is -0.264 e. The van der Waals surface area contributed by atoms with Crippen LogP contribution >= 0.6 is 0 Å². The summed E-state index contributed by atoms with van der Waals surface area (Å²) in [6, 6.07) is 38.7. The molecule has 0 bridgehead atoms. The molecule has 0 unspecified atom stereocenters. The van der Waals surface area contributed by atoms with Crippen LogP contribution in [0.25, 0.3) is 66.3 Å². The minimum atomic E-state index is 0.650. The number of rotatable bonds is 4. The molecule has 0 amide bonds. The van der Waals surface area contributed by atoms with Gasteiger partial charge in [-0.25, -0.2) is 15.0 Å². The maximum absolute atomic E-state index is 4.47. The number of hydrogen-bond acceptors (Lipinski definition) is 4. The van der Waals surface area contributed by atoms with Crippen molar-refractivity contribution < 1.29 is 0 Å².